The largest absolute Gasteiger partial charge is 0.378 e. The third-order valence-corrected chi connectivity index (χ3v) is 4.21. The molecular formula is C14H24N2O. The quantitative estimate of drug-likeness (QED) is 0.819. The predicted molar refractivity (Wildman–Crippen MR) is 67.6 cm³/mol. The van der Waals surface area contributed by atoms with Crippen molar-refractivity contribution in [3.05, 3.63) is 0 Å². The molecular weight excluding hydrogens is 212 g/mol. The summed E-state index contributed by atoms with van der Waals surface area (Å²) in [5.74, 6) is 0. The van der Waals surface area contributed by atoms with Crippen molar-refractivity contribution in [3.63, 3.8) is 0 Å². The summed E-state index contributed by atoms with van der Waals surface area (Å²) in [6.45, 7) is 2.87. The fraction of sp³-hybridized carbons (Fsp3) is 0.929. The summed E-state index contributed by atoms with van der Waals surface area (Å²) in [5, 5.41) is 13.2. The maximum Gasteiger partial charge on any atom is 0.111 e. The third-order valence-electron chi connectivity index (χ3n) is 4.21. The lowest BCUT2D eigenvalue weighted by Gasteiger charge is -2.39. The molecule has 2 aliphatic rings. The normalized spacial score (nSPS) is 35.4. The van der Waals surface area contributed by atoms with Crippen LogP contribution in [0.1, 0.15) is 58.3 Å². The molecule has 0 spiro atoms. The molecule has 1 heterocycles. The standard InChI is InChI=1S/C14H24N2O/c1-2-13-10-14(11-15,8-9-17-13)16-12-6-4-3-5-7-12/h12-13,16H,2-10H2,1H3. The van der Waals surface area contributed by atoms with Gasteiger partial charge in [0.25, 0.3) is 0 Å². The number of hydrogen-bond acceptors (Lipinski definition) is 3. The first kappa shape index (κ1) is 12.9. The molecule has 0 radical (unpaired) electrons. The van der Waals surface area contributed by atoms with Crippen molar-refractivity contribution < 1.29 is 4.74 Å². The number of nitrogens with zero attached hydrogens (tertiary/aromatic N) is 1. The zero-order valence-corrected chi connectivity index (χ0v) is 10.9. The van der Waals surface area contributed by atoms with Crippen molar-refractivity contribution in [1.29, 1.82) is 5.26 Å². The first-order valence-corrected chi connectivity index (χ1v) is 7.08. The molecule has 2 unspecified atom stereocenters. The Labute approximate surface area is 105 Å². The highest BCUT2D eigenvalue weighted by atomic mass is 16.5. The highest BCUT2D eigenvalue weighted by Crippen LogP contribution is 2.29. The summed E-state index contributed by atoms with van der Waals surface area (Å²) >= 11 is 0. The topological polar surface area (TPSA) is 45.0 Å². The summed E-state index contributed by atoms with van der Waals surface area (Å²) in [6.07, 6.45) is 9.43. The van der Waals surface area contributed by atoms with Crippen molar-refractivity contribution in [2.45, 2.75) is 76.0 Å². The van der Waals surface area contributed by atoms with Gasteiger partial charge in [-0.3, -0.25) is 5.32 Å². The minimum atomic E-state index is -0.319. The SMILES string of the molecule is CCC1CC(C#N)(NC2CCCCC2)CCO1. The monoisotopic (exact) mass is 236 g/mol. The van der Waals surface area contributed by atoms with Gasteiger partial charge in [-0.05, 0) is 19.3 Å². The van der Waals surface area contributed by atoms with Gasteiger partial charge in [-0.25, -0.2) is 0 Å². The Hall–Kier alpha value is -0.590. The Balaban J connectivity index is 1.95. The van der Waals surface area contributed by atoms with E-state index in [0.29, 0.717) is 6.04 Å². The van der Waals surface area contributed by atoms with Gasteiger partial charge in [0, 0.05) is 25.5 Å². The van der Waals surface area contributed by atoms with E-state index in [-0.39, 0.29) is 11.6 Å². The van der Waals surface area contributed by atoms with Gasteiger partial charge < -0.3 is 4.74 Å². The first-order chi connectivity index (χ1) is 8.28. The van der Waals surface area contributed by atoms with E-state index in [1.807, 2.05) is 0 Å². The molecule has 1 aliphatic heterocycles. The van der Waals surface area contributed by atoms with Crippen LogP contribution in [0.2, 0.25) is 0 Å². The number of rotatable bonds is 3. The van der Waals surface area contributed by atoms with Gasteiger partial charge in [0.1, 0.15) is 5.54 Å². The van der Waals surface area contributed by atoms with Gasteiger partial charge in [-0.1, -0.05) is 26.2 Å². The molecule has 2 rings (SSSR count). The van der Waals surface area contributed by atoms with Crippen LogP contribution < -0.4 is 5.32 Å². The van der Waals surface area contributed by atoms with Crippen molar-refractivity contribution in [1.82, 2.24) is 5.32 Å². The van der Waals surface area contributed by atoms with E-state index < -0.39 is 0 Å². The number of nitriles is 1. The summed E-state index contributed by atoms with van der Waals surface area (Å²) in [4.78, 5) is 0. The van der Waals surface area contributed by atoms with Crippen molar-refractivity contribution in [2.24, 2.45) is 0 Å². The van der Waals surface area contributed by atoms with Crippen molar-refractivity contribution in [2.75, 3.05) is 6.61 Å². The number of ether oxygens (including phenoxy) is 1. The number of nitrogens with one attached hydrogen (secondary N) is 1. The molecule has 1 aliphatic carbocycles. The molecule has 0 amide bonds. The van der Waals surface area contributed by atoms with Crippen LogP contribution in [0.25, 0.3) is 0 Å². The molecule has 1 saturated heterocycles. The second-order valence-electron chi connectivity index (χ2n) is 5.53. The molecule has 3 nitrogen and oxygen atoms in total. The fourth-order valence-electron chi connectivity index (χ4n) is 3.11. The van der Waals surface area contributed by atoms with Crippen LogP contribution in [0.3, 0.4) is 0 Å². The van der Waals surface area contributed by atoms with Crippen LogP contribution in [0.15, 0.2) is 0 Å². The van der Waals surface area contributed by atoms with E-state index in [2.05, 4.69) is 18.3 Å². The van der Waals surface area contributed by atoms with Crippen LogP contribution in [0.4, 0.5) is 0 Å². The zero-order valence-electron chi connectivity index (χ0n) is 10.9. The Morgan fingerprint density at radius 3 is 2.76 bits per heavy atom. The smallest absolute Gasteiger partial charge is 0.111 e. The molecule has 0 aromatic heterocycles. The van der Waals surface area contributed by atoms with Crippen LogP contribution in [-0.2, 0) is 4.74 Å². The lowest BCUT2D eigenvalue weighted by Crippen LogP contribution is -2.54. The average Bonchev–Trinajstić information content (AvgIpc) is 2.40. The van der Waals surface area contributed by atoms with E-state index in [0.717, 1.165) is 25.9 Å². The van der Waals surface area contributed by atoms with Crippen molar-refractivity contribution >= 4 is 0 Å². The Bertz CT molecular complexity index is 280. The Morgan fingerprint density at radius 2 is 2.12 bits per heavy atom. The van der Waals surface area contributed by atoms with E-state index in [1.54, 1.807) is 0 Å². The van der Waals surface area contributed by atoms with E-state index in [4.69, 9.17) is 4.74 Å². The molecule has 2 fully saturated rings. The second-order valence-corrected chi connectivity index (χ2v) is 5.53. The molecule has 1 N–H and O–H groups in total. The summed E-state index contributed by atoms with van der Waals surface area (Å²) in [5.41, 5.74) is -0.319. The van der Waals surface area contributed by atoms with Crippen LogP contribution in [0.5, 0.6) is 0 Å². The summed E-state index contributed by atoms with van der Waals surface area (Å²) in [6, 6.07) is 3.09. The van der Waals surface area contributed by atoms with Gasteiger partial charge >= 0.3 is 0 Å². The van der Waals surface area contributed by atoms with Gasteiger partial charge in [-0.15, -0.1) is 0 Å². The lowest BCUT2D eigenvalue weighted by molar-refractivity contribution is -0.0193. The molecule has 2 atom stereocenters. The maximum atomic E-state index is 9.52. The summed E-state index contributed by atoms with van der Waals surface area (Å²) in [7, 11) is 0. The highest BCUT2D eigenvalue weighted by molar-refractivity contribution is 5.10. The van der Waals surface area contributed by atoms with Gasteiger partial charge in [0.05, 0.1) is 12.2 Å². The summed E-state index contributed by atoms with van der Waals surface area (Å²) < 4.78 is 5.68. The third kappa shape index (κ3) is 3.20. The minimum absolute atomic E-state index is 0.263. The first-order valence-electron chi connectivity index (χ1n) is 7.08. The Morgan fingerprint density at radius 1 is 1.35 bits per heavy atom. The maximum absolute atomic E-state index is 9.52. The predicted octanol–water partition coefficient (Wildman–Crippen LogP) is 2.76. The van der Waals surface area contributed by atoms with Gasteiger partial charge in [0.2, 0.25) is 0 Å². The molecule has 96 valence electrons. The fourth-order valence-corrected chi connectivity index (χ4v) is 3.11. The lowest BCUT2D eigenvalue weighted by atomic mass is 9.84. The van der Waals surface area contributed by atoms with Crippen LogP contribution in [0, 0.1) is 11.3 Å². The molecule has 3 heteroatoms. The van der Waals surface area contributed by atoms with E-state index >= 15 is 0 Å². The molecule has 0 aromatic carbocycles. The molecule has 17 heavy (non-hydrogen) atoms. The molecule has 1 saturated carbocycles. The van der Waals surface area contributed by atoms with Crippen molar-refractivity contribution in [3.8, 4) is 6.07 Å². The zero-order chi connectivity index (χ0) is 12.1. The van der Waals surface area contributed by atoms with Crippen LogP contribution >= 0.6 is 0 Å². The van der Waals surface area contributed by atoms with Gasteiger partial charge in [0.15, 0.2) is 0 Å². The molecule has 0 bridgehead atoms. The van der Waals surface area contributed by atoms with Gasteiger partial charge in [-0.2, -0.15) is 5.26 Å². The van der Waals surface area contributed by atoms with E-state index in [9.17, 15) is 5.26 Å². The minimum Gasteiger partial charge on any atom is -0.378 e. The van der Waals surface area contributed by atoms with E-state index in [1.165, 1.54) is 32.1 Å². The Kier molecular flexibility index (Phi) is 4.42. The highest BCUT2D eigenvalue weighted by Gasteiger charge is 2.38. The second kappa shape index (κ2) is 5.84. The molecule has 0 aromatic rings. The average molecular weight is 236 g/mol. The van der Waals surface area contributed by atoms with Crippen LogP contribution in [-0.4, -0.2) is 24.3 Å². The number of hydrogen-bond donors (Lipinski definition) is 1.